The van der Waals surface area contributed by atoms with Gasteiger partial charge in [0.25, 0.3) is 0 Å². The maximum absolute atomic E-state index is 10.8. The molecule has 0 unspecified atom stereocenters. The number of aliphatic hydroxyl groups excluding tert-OH is 2. The van der Waals surface area contributed by atoms with E-state index in [1.807, 2.05) is 0 Å². The summed E-state index contributed by atoms with van der Waals surface area (Å²) in [5, 5.41) is 26.7. The van der Waals surface area contributed by atoms with Crippen molar-refractivity contribution in [3.63, 3.8) is 0 Å². The molecule has 0 heterocycles. The molecule has 1 aromatic rings. The number of carbonyl (C=O) groups is 1. The Kier molecular flexibility index (Phi) is 3.62. The van der Waals surface area contributed by atoms with Gasteiger partial charge in [0.05, 0.1) is 18.8 Å². The lowest BCUT2D eigenvalue weighted by atomic mass is 9.95. The monoisotopic (exact) mass is 196 g/mol. The third kappa shape index (κ3) is 2.10. The van der Waals surface area contributed by atoms with E-state index >= 15 is 0 Å². The number of benzene rings is 1. The summed E-state index contributed by atoms with van der Waals surface area (Å²) in [5.41, 5.74) is 0.589. The fourth-order valence-corrected chi connectivity index (χ4v) is 1.30. The van der Waals surface area contributed by atoms with Crippen LogP contribution in [-0.2, 0) is 0 Å². The van der Waals surface area contributed by atoms with Crippen molar-refractivity contribution in [1.29, 1.82) is 0 Å². The highest BCUT2D eigenvalue weighted by Crippen LogP contribution is 2.19. The Labute approximate surface area is 81.4 Å². The van der Waals surface area contributed by atoms with E-state index in [1.165, 1.54) is 6.07 Å². The lowest BCUT2D eigenvalue weighted by Gasteiger charge is -2.13. The zero-order valence-corrected chi connectivity index (χ0v) is 7.55. The predicted octanol–water partition coefficient (Wildman–Crippen LogP) is 0.453. The molecule has 4 nitrogen and oxygen atoms in total. The zero-order valence-electron chi connectivity index (χ0n) is 7.55. The third-order valence-electron chi connectivity index (χ3n) is 2.07. The van der Waals surface area contributed by atoms with Crippen LogP contribution >= 0.6 is 0 Å². The molecule has 0 radical (unpaired) electrons. The van der Waals surface area contributed by atoms with E-state index in [0.29, 0.717) is 5.56 Å². The van der Waals surface area contributed by atoms with Gasteiger partial charge in [-0.25, -0.2) is 4.79 Å². The van der Waals surface area contributed by atoms with Gasteiger partial charge >= 0.3 is 5.97 Å². The maximum atomic E-state index is 10.8. The van der Waals surface area contributed by atoms with E-state index in [0.717, 1.165) is 0 Å². The molecule has 0 aliphatic rings. The van der Waals surface area contributed by atoms with E-state index in [2.05, 4.69) is 0 Å². The Morgan fingerprint density at radius 3 is 2.29 bits per heavy atom. The molecule has 1 rings (SSSR count). The molecule has 0 spiro atoms. The molecule has 0 aliphatic carbocycles. The van der Waals surface area contributed by atoms with Gasteiger partial charge < -0.3 is 15.3 Å². The Hall–Kier alpha value is -1.39. The second-order valence-corrected chi connectivity index (χ2v) is 2.95. The van der Waals surface area contributed by atoms with Crippen LogP contribution in [0.1, 0.15) is 21.8 Å². The highest BCUT2D eigenvalue weighted by Gasteiger charge is 2.16. The van der Waals surface area contributed by atoms with E-state index in [9.17, 15) is 4.79 Å². The van der Waals surface area contributed by atoms with Crippen LogP contribution in [0.5, 0.6) is 0 Å². The van der Waals surface area contributed by atoms with Crippen molar-refractivity contribution in [3.05, 3.63) is 35.4 Å². The Morgan fingerprint density at radius 2 is 1.79 bits per heavy atom. The first-order valence-corrected chi connectivity index (χ1v) is 4.24. The van der Waals surface area contributed by atoms with Gasteiger partial charge in [-0.05, 0) is 11.6 Å². The normalized spacial score (nSPS) is 10.5. The highest BCUT2D eigenvalue weighted by atomic mass is 16.4. The molecule has 0 saturated carbocycles. The first kappa shape index (κ1) is 10.7. The summed E-state index contributed by atoms with van der Waals surface area (Å²) in [6, 6.07) is 6.34. The van der Waals surface area contributed by atoms with Crippen molar-refractivity contribution in [3.8, 4) is 0 Å². The second kappa shape index (κ2) is 4.74. The van der Waals surface area contributed by atoms with Gasteiger partial charge in [0.15, 0.2) is 0 Å². The van der Waals surface area contributed by atoms with Gasteiger partial charge in [0.1, 0.15) is 0 Å². The van der Waals surface area contributed by atoms with Crippen molar-refractivity contribution < 1.29 is 20.1 Å². The molecular formula is C10H12O4. The van der Waals surface area contributed by atoms with E-state index in [1.54, 1.807) is 18.2 Å². The molecule has 0 aliphatic heterocycles. The lowest BCUT2D eigenvalue weighted by molar-refractivity contribution is 0.0694. The molecule has 0 atom stereocenters. The SMILES string of the molecule is O=C(O)c1ccccc1C(CO)CO. The summed E-state index contributed by atoms with van der Waals surface area (Å²) in [7, 11) is 0. The Morgan fingerprint density at radius 1 is 1.21 bits per heavy atom. The first-order valence-electron chi connectivity index (χ1n) is 4.24. The Bertz CT molecular complexity index is 318. The molecule has 14 heavy (non-hydrogen) atoms. The quantitative estimate of drug-likeness (QED) is 0.653. The molecule has 0 aromatic heterocycles. The number of carboxylic acids is 1. The molecule has 3 N–H and O–H groups in total. The van der Waals surface area contributed by atoms with Crippen molar-refractivity contribution in [2.45, 2.75) is 5.92 Å². The highest BCUT2D eigenvalue weighted by molar-refractivity contribution is 5.89. The van der Waals surface area contributed by atoms with E-state index in [4.69, 9.17) is 15.3 Å². The average molecular weight is 196 g/mol. The molecule has 1 aromatic carbocycles. The largest absolute Gasteiger partial charge is 0.478 e. The molecule has 0 amide bonds. The van der Waals surface area contributed by atoms with Gasteiger partial charge in [-0.3, -0.25) is 0 Å². The van der Waals surface area contributed by atoms with Gasteiger partial charge in [-0.1, -0.05) is 18.2 Å². The minimum Gasteiger partial charge on any atom is -0.478 e. The van der Waals surface area contributed by atoms with Gasteiger partial charge in [-0.2, -0.15) is 0 Å². The number of rotatable bonds is 4. The van der Waals surface area contributed by atoms with E-state index < -0.39 is 11.9 Å². The molecule has 76 valence electrons. The molecule has 4 heteroatoms. The number of hydrogen-bond acceptors (Lipinski definition) is 3. The van der Waals surface area contributed by atoms with Gasteiger partial charge in [0.2, 0.25) is 0 Å². The number of aromatic carboxylic acids is 1. The maximum Gasteiger partial charge on any atom is 0.335 e. The third-order valence-corrected chi connectivity index (χ3v) is 2.07. The fourth-order valence-electron chi connectivity index (χ4n) is 1.30. The van der Waals surface area contributed by atoms with Gasteiger partial charge in [0, 0.05) is 5.92 Å². The number of carboxylic acid groups (broad SMARTS) is 1. The van der Waals surface area contributed by atoms with Crippen LogP contribution in [-0.4, -0.2) is 34.5 Å². The topological polar surface area (TPSA) is 77.8 Å². The van der Waals surface area contributed by atoms with Crippen molar-refractivity contribution >= 4 is 5.97 Å². The summed E-state index contributed by atoms with van der Waals surface area (Å²) in [4.78, 5) is 10.8. The summed E-state index contributed by atoms with van der Waals surface area (Å²) in [5.74, 6) is -1.57. The molecule has 0 bridgehead atoms. The summed E-state index contributed by atoms with van der Waals surface area (Å²) >= 11 is 0. The molecule has 0 saturated heterocycles. The zero-order chi connectivity index (χ0) is 10.6. The van der Waals surface area contributed by atoms with Crippen molar-refractivity contribution in [2.75, 3.05) is 13.2 Å². The average Bonchev–Trinajstić information content (AvgIpc) is 2.20. The van der Waals surface area contributed by atoms with E-state index in [-0.39, 0.29) is 18.8 Å². The molecule has 0 fully saturated rings. The minimum absolute atomic E-state index is 0.126. The van der Waals surface area contributed by atoms with Gasteiger partial charge in [-0.15, -0.1) is 0 Å². The fraction of sp³-hybridized carbons (Fsp3) is 0.300. The summed E-state index contributed by atoms with van der Waals surface area (Å²) < 4.78 is 0. The lowest BCUT2D eigenvalue weighted by Crippen LogP contribution is -2.13. The minimum atomic E-state index is -1.05. The first-order chi connectivity index (χ1) is 6.70. The van der Waals surface area contributed by atoms with Crippen molar-refractivity contribution in [1.82, 2.24) is 0 Å². The van der Waals surface area contributed by atoms with Crippen molar-refractivity contribution in [2.24, 2.45) is 0 Å². The number of aliphatic hydroxyl groups is 2. The molecular weight excluding hydrogens is 184 g/mol. The van der Waals surface area contributed by atoms with Crippen LogP contribution in [0.2, 0.25) is 0 Å². The van der Waals surface area contributed by atoms with Crippen LogP contribution in [0, 0.1) is 0 Å². The van der Waals surface area contributed by atoms with Crippen LogP contribution in [0.25, 0.3) is 0 Å². The summed E-state index contributed by atoms with van der Waals surface area (Å²) in [6.45, 7) is -0.526. The summed E-state index contributed by atoms with van der Waals surface area (Å²) in [6.07, 6.45) is 0. The standard InChI is InChI=1S/C10H12O4/c11-5-7(6-12)8-3-1-2-4-9(8)10(13)14/h1-4,7,11-12H,5-6H2,(H,13,14). The van der Waals surface area contributed by atoms with Crippen LogP contribution in [0.4, 0.5) is 0 Å². The Balaban J connectivity index is 3.11. The second-order valence-electron chi connectivity index (χ2n) is 2.95. The van der Waals surface area contributed by atoms with Crippen LogP contribution in [0.15, 0.2) is 24.3 Å². The predicted molar refractivity (Wildman–Crippen MR) is 50.3 cm³/mol. The smallest absolute Gasteiger partial charge is 0.335 e. The van der Waals surface area contributed by atoms with Crippen LogP contribution in [0.3, 0.4) is 0 Å². The van der Waals surface area contributed by atoms with Crippen LogP contribution < -0.4 is 0 Å². The number of hydrogen-bond donors (Lipinski definition) is 3.